The maximum atomic E-state index is 10.3. The minimum absolute atomic E-state index is 0.251. The van der Waals surface area contributed by atoms with Gasteiger partial charge < -0.3 is 15.2 Å². The zero-order chi connectivity index (χ0) is 13.0. The Bertz CT molecular complexity index is 401. The molecule has 0 aliphatic heterocycles. The van der Waals surface area contributed by atoms with Crippen LogP contribution in [0.2, 0.25) is 5.02 Å². The van der Waals surface area contributed by atoms with Gasteiger partial charge in [-0.3, -0.25) is 0 Å². The number of amides is 1. The summed E-state index contributed by atoms with van der Waals surface area (Å²) in [5.74, 6) is 0.413. The molecule has 4 nitrogen and oxygen atoms in total. The molecular weight excluding hydrogens is 254 g/mol. The van der Waals surface area contributed by atoms with E-state index in [-0.39, 0.29) is 6.10 Å². The molecular formula is C13H16ClNO3. The molecule has 98 valence electrons. The van der Waals surface area contributed by atoms with E-state index in [2.05, 4.69) is 5.32 Å². The highest BCUT2D eigenvalue weighted by molar-refractivity contribution is 6.30. The standard InChI is InChI=1S/C13H16ClNO3/c14-11-3-1-9(2-4-11)8-18-12-5-10(6-12)7-15-13(16)17/h1-4,10,12,15H,5-8H2,(H,16,17)/t10-,12+. The Balaban J connectivity index is 1.62. The number of hydrogen-bond donors (Lipinski definition) is 2. The average molecular weight is 270 g/mol. The van der Waals surface area contributed by atoms with Crippen LogP contribution in [0.3, 0.4) is 0 Å². The fourth-order valence-corrected chi connectivity index (χ4v) is 2.13. The van der Waals surface area contributed by atoms with E-state index in [0.29, 0.717) is 19.1 Å². The molecule has 0 spiro atoms. The molecule has 1 saturated carbocycles. The SMILES string of the molecule is O=C(O)NC[C@H]1C[C@@H](OCc2ccc(Cl)cc2)C1. The largest absolute Gasteiger partial charge is 0.465 e. The van der Waals surface area contributed by atoms with Gasteiger partial charge in [0.05, 0.1) is 12.7 Å². The average Bonchev–Trinajstić information content (AvgIpc) is 2.28. The Labute approximate surface area is 111 Å². The molecule has 2 N–H and O–H groups in total. The van der Waals surface area contributed by atoms with Crippen molar-refractivity contribution in [2.75, 3.05) is 6.54 Å². The van der Waals surface area contributed by atoms with E-state index in [0.717, 1.165) is 23.4 Å². The molecule has 1 aliphatic rings. The summed E-state index contributed by atoms with van der Waals surface area (Å²) in [6, 6.07) is 7.59. The fraction of sp³-hybridized carbons (Fsp3) is 0.462. The molecule has 0 radical (unpaired) electrons. The molecule has 0 aromatic heterocycles. The normalized spacial score (nSPS) is 22.3. The Morgan fingerprint density at radius 2 is 2.06 bits per heavy atom. The molecule has 1 aromatic carbocycles. The van der Waals surface area contributed by atoms with Crippen LogP contribution in [-0.4, -0.2) is 23.8 Å². The van der Waals surface area contributed by atoms with Crippen molar-refractivity contribution >= 4 is 17.7 Å². The molecule has 0 heterocycles. The fourth-order valence-electron chi connectivity index (χ4n) is 2.00. The predicted molar refractivity (Wildman–Crippen MR) is 68.8 cm³/mol. The first-order valence-electron chi connectivity index (χ1n) is 5.96. The number of halogens is 1. The van der Waals surface area contributed by atoms with Crippen LogP contribution in [0.5, 0.6) is 0 Å². The molecule has 1 aromatic rings. The van der Waals surface area contributed by atoms with Gasteiger partial charge >= 0.3 is 6.09 Å². The van der Waals surface area contributed by atoms with Gasteiger partial charge in [-0.2, -0.15) is 0 Å². The van der Waals surface area contributed by atoms with Crippen LogP contribution in [0, 0.1) is 5.92 Å². The summed E-state index contributed by atoms with van der Waals surface area (Å²) >= 11 is 5.80. The highest BCUT2D eigenvalue weighted by atomic mass is 35.5. The van der Waals surface area contributed by atoms with E-state index in [9.17, 15) is 4.79 Å². The summed E-state index contributed by atoms with van der Waals surface area (Å²) in [6.45, 7) is 1.11. The smallest absolute Gasteiger partial charge is 0.404 e. The van der Waals surface area contributed by atoms with E-state index >= 15 is 0 Å². The van der Waals surface area contributed by atoms with Gasteiger partial charge in [-0.25, -0.2) is 4.79 Å². The van der Waals surface area contributed by atoms with Gasteiger partial charge in [0.15, 0.2) is 0 Å². The van der Waals surface area contributed by atoms with Gasteiger partial charge in [-0.05, 0) is 36.5 Å². The molecule has 1 aliphatic carbocycles. The van der Waals surface area contributed by atoms with Crippen molar-refractivity contribution < 1.29 is 14.6 Å². The highest BCUT2D eigenvalue weighted by Gasteiger charge is 2.29. The van der Waals surface area contributed by atoms with E-state index in [1.54, 1.807) is 0 Å². The van der Waals surface area contributed by atoms with E-state index in [4.69, 9.17) is 21.4 Å². The van der Waals surface area contributed by atoms with Crippen molar-refractivity contribution in [3.05, 3.63) is 34.9 Å². The molecule has 5 heteroatoms. The van der Waals surface area contributed by atoms with Gasteiger partial charge in [-0.1, -0.05) is 23.7 Å². The van der Waals surface area contributed by atoms with Gasteiger partial charge in [0.1, 0.15) is 0 Å². The van der Waals surface area contributed by atoms with Crippen LogP contribution in [0.1, 0.15) is 18.4 Å². The summed E-state index contributed by atoms with van der Waals surface area (Å²) in [6.07, 6.45) is 1.14. The van der Waals surface area contributed by atoms with Crippen LogP contribution in [-0.2, 0) is 11.3 Å². The van der Waals surface area contributed by atoms with Crippen molar-refractivity contribution in [2.24, 2.45) is 5.92 Å². The Morgan fingerprint density at radius 1 is 1.39 bits per heavy atom. The van der Waals surface area contributed by atoms with Crippen molar-refractivity contribution in [3.63, 3.8) is 0 Å². The lowest BCUT2D eigenvalue weighted by Crippen LogP contribution is -2.39. The Morgan fingerprint density at radius 3 is 2.67 bits per heavy atom. The van der Waals surface area contributed by atoms with Gasteiger partial charge in [0, 0.05) is 11.6 Å². The van der Waals surface area contributed by atoms with Crippen LogP contribution in [0.4, 0.5) is 4.79 Å². The maximum absolute atomic E-state index is 10.3. The molecule has 1 amide bonds. The lowest BCUT2D eigenvalue weighted by atomic mass is 9.82. The first-order valence-corrected chi connectivity index (χ1v) is 6.34. The Kier molecular flexibility index (Phi) is 4.44. The summed E-state index contributed by atoms with van der Waals surface area (Å²) < 4.78 is 5.72. The van der Waals surface area contributed by atoms with Crippen LogP contribution in [0.15, 0.2) is 24.3 Å². The highest BCUT2D eigenvalue weighted by Crippen LogP contribution is 2.30. The summed E-state index contributed by atoms with van der Waals surface area (Å²) in [7, 11) is 0. The number of ether oxygens (including phenoxy) is 1. The van der Waals surface area contributed by atoms with Crippen molar-refractivity contribution in [1.82, 2.24) is 5.32 Å². The van der Waals surface area contributed by atoms with E-state index < -0.39 is 6.09 Å². The molecule has 18 heavy (non-hydrogen) atoms. The molecule has 1 fully saturated rings. The minimum Gasteiger partial charge on any atom is -0.465 e. The van der Waals surface area contributed by atoms with Gasteiger partial charge in [0.25, 0.3) is 0 Å². The molecule has 0 saturated heterocycles. The topological polar surface area (TPSA) is 58.6 Å². The second kappa shape index (κ2) is 6.07. The van der Waals surface area contributed by atoms with Crippen molar-refractivity contribution in [2.45, 2.75) is 25.6 Å². The molecule has 2 rings (SSSR count). The number of benzene rings is 1. The first-order chi connectivity index (χ1) is 8.63. The monoisotopic (exact) mass is 269 g/mol. The third-order valence-electron chi connectivity index (χ3n) is 3.13. The lowest BCUT2D eigenvalue weighted by Gasteiger charge is -2.34. The summed E-state index contributed by atoms with van der Waals surface area (Å²) in [5.41, 5.74) is 1.10. The van der Waals surface area contributed by atoms with Gasteiger partial charge in [-0.15, -0.1) is 0 Å². The lowest BCUT2D eigenvalue weighted by molar-refractivity contribution is -0.0392. The molecule has 0 unspecified atom stereocenters. The summed E-state index contributed by atoms with van der Waals surface area (Å²) in [4.78, 5) is 10.3. The first kappa shape index (κ1) is 13.2. The number of nitrogens with one attached hydrogen (secondary N) is 1. The van der Waals surface area contributed by atoms with Crippen LogP contribution >= 0.6 is 11.6 Å². The molecule has 0 atom stereocenters. The second-order valence-electron chi connectivity index (χ2n) is 4.58. The van der Waals surface area contributed by atoms with Crippen LogP contribution < -0.4 is 5.32 Å². The third-order valence-corrected chi connectivity index (χ3v) is 3.39. The Hall–Kier alpha value is -1.26. The van der Waals surface area contributed by atoms with Gasteiger partial charge in [0.2, 0.25) is 0 Å². The molecule has 0 bridgehead atoms. The maximum Gasteiger partial charge on any atom is 0.404 e. The zero-order valence-electron chi connectivity index (χ0n) is 9.93. The van der Waals surface area contributed by atoms with Crippen molar-refractivity contribution in [1.29, 1.82) is 0 Å². The number of carboxylic acid groups (broad SMARTS) is 1. The second-order valence-corrected chi connectivity index (χ2v) is 5.02. The predicted octanol–water partition coefficient (Wildman–Crippen LogP) is 2.90. The number of hydrogen-bond acceptors (Lipinski definition) is 2. The van der Waals surface area contributed by atoms with E-state index in [1.165, 1.54) is 0 Å². The quantitative estimate of drug-likeness (QED) is 0.864. The number of carbonyl (C=O) groups is 1. The third kappa shape index (κ3) is 3.89. The van der Waals surface area contributed by atoms with Crippen molar-refractivity contribution in [3.8, 4) is 0 Å². The van der Waals surface area contributed by atoms with E-state index in [1.807, 2.05) is 24.3 Å². The zero-order valence-corrected chi connectivity index (χ0v) is 10.7. The summed E-state index contributed by atoms with van der Waals surface area (Å²) in [5, 5.41) is 11.6. The number of rotatable bonds is 5. The minimum atomic E-state index is -0.958. The van der Waals surface area contributed by atoms with Crippen LogP contribution in [0.25, 0.3) is 0 Å².